The van der Waals surface area contributed by atoms with Gasteiger partial charge in [0.25, 0.3) is 0 Å². The maximum Gasteiger partial charge on any atom is 0.136 e. The third-order valence-corrected chi connectivity index (χ3v) is 1.03. The van der Waals surface area contributed by atoms with Crippen molar-refractivity contribution in [3.8, 4) is 6.07 Å². The molecule has 0 saturated heterocycles. The third-order valence-electron chi connectivity index (χ3n) is 0.772. The van der Waals surface area contributed by atoms with Crippen LogP contribution in [0.4, 0.5) is 0 Å². The van der Waals surface area contributed by atoms with Crippen molar-refractivity contribution >= 4 is 19.3 Å². The Labute approximate surface area is 54.6 Å². The number of aliphatic imine (C=N–C) groups is 1. The fourth-order valence-corrected chi connectivity index (χ4v) is 0.564. The number of nitriles is 1. The molecule has 0 fully saturated rings. The maximum absolute atomic E-state index is 8.24. The fourth-order valence-electron chi connectivity index (χ4n) is 0.319. The summed E-state index contributed by atoms with van der Waals surface area (Å²) in [5.41, 5.74) is 0. The lowest BCUT2D eigenvalue weighted by molar-refractivity contribution is 0.813. The van der Waals surface area contributed by atoms with E-state index in [-0.39, 0.29) is 6.04 Å². The third kappa shape index (κ3) is 2.64. The first-order valence-electron chi connectivity index (χ1n) is 2.31. The van der Waals surface area contributed by atoms with Crippen LogP contribution in [0.2, 0.25) is 0 Å². The van der Waals surface area contributed by atoms with Gasteiger partial charge in [-0.3, -0.25) is 4.99 Å². The quantitative estimate of drug-likeness (QED) is 0.445. The Bertz CT molecular complexity index is 105. The normalized spacial score (nSPS) is 12.0. The van der Waals surface area contributed by atoms with Gasteiger partial charge < -0.3 is 0 Å². The molecule has 3 heteroatoms. The van der Waals surface area contributed by atoms with Crippen LogP contribution in [0, 0.1) is 11.3 Å². The predicted molar refractivity (Wildman–Crippen MR) is 37.4 cm³/mol. The first kappa shape index (κ1) is 7.51. The van der Waals surface area contributed by atoms with E-state index >= 15 is 0 Å². The highest BCUT2D eigenvalue weighted by atomic mass is 32.1. The van der Waals surface area contributed by atoms with Crippen LogP contribution in [0.3, 0.4) is 0 Å². The average molecular weight is 128 g/mol. The largest absolute Gasteiger partial charge is 0.282 e. The molecule has 0 amide bonds. The van der Waals surface area contributed by atoms with Crippen LogP contribution >= 0.6 is 12.6 Å². The van der Waals surface area contributed by atoms with E-state index in [4.69, 9.17) is 5.26 Å². The Balaban J connectivity index is 3.40. The van der Waals surface area contributed by atoms with E-state index in [0.29, 0.717) is 12.2 Å². The van der Waals surface area contributed by atoms with Crippen molar-refractivity contribution in [3.05, 3.63) is 0 Å². The molecule has 1 atom stereocenters. The minimum Gasteiger partial charge on any atom is -0.282 e. The molecule has 0 aromatic carbocycles. The van der Waals surface area contributed by atoms with Gasteiger partial charge in [-0.1, -0.05) is 0 Å². The minimum absolute atomic E-state index is 0.257. The Morgan fingerprint density at radius 1 is 1.88 bits per heavy atom. The highest BCUT2D eigenvalue weighted by Gasteiger charge is 1.97. The standard InChI is InChI=1S/C5H8N2S/c1-7-5(4-6)2-3-8/h5,8H,1-3H2. The monoisotopic (exact) mass is 128 g/mol. The molecule has 0 N–H and O–H groups in total. The minimum atomic E-state index is -0.257. The van der Waals surface area contributed by atoms with Gasteiger partial charge in [-0.2, -0.15) is 17.9 Å². The second kappa shape index (κ2) is 4.66. The zero-order valence-corrected chi connectivity index (χ0v) is 5.43. The van der Waals surface area contributed by atoms with Crippen molar-refractivity contribution < 1.29 is 0 Å². The van der Waals surface area contributed by atoms with E-state index in [1.54, 1.807) is 0 Å². The van der Waals surface area contributed by atoms with Gasteiger partial charge in [0, 0.05) is 0 Å². The molecule has 0 heterocycles. The molecule has 0 aliphatic carbocycles. The summed E-state index contributed by atoms with van der Waals surface area (Å²) < 4.78 is 0. The molecule has 2 nitrogen and oxygen atoms in total. The van der Waals surface area contributed by atoms with Crippen molar-refractivity contribution in [2.45, 2.75) is 12.5 Å². The highest BCUT2D eigenvalue weighted by molar-refractivity contribution is 7.80. The van der Waals surface area contributed by atoms with Crippen LogP contribution in [-0.2, 0) is 0 Å². The fraction of sp³-hybridized carbons (Fsp3) is 0.600. The number of nitrogens with zero attached hydrogens (tertiary/aromatic N) is 2. The molecule has 0 aliphatic heterocycles. The number of hydrogen-bond donors (Lipinski definition) is 1. The summed E-state index contributed by atoms with van der Waals surface area (Å²) in [6, 6.07) is 1.72. The van der Waals surface area contributed by atoms with Crippen LogP contribution < -0.4 is 0 Å². The smallest absolute Gasteiger partial charge is 0.136 e. The molecule has 1 unspecified atom stereocenters. The topological polar surface area (TPSA) is 36.1 Å². The zero-order chi connectivity index (χ0) is 6.41. The van der Waals surface area contributed by atoms with E-state index in [9.17, 15) is 0 Å². The van der Waals surface area contributed by atoms with Crippen molar-refractivity contribution in [3.63, 3.8) is 0 Å². The second-order valence-electron chi connectivity index (χ2n) is 1.34. The maximum atomic E-state index is 8.24. The number of hydrogen-bond acceptors (Lipinski definition) is 3. The summed E-state index contributed by atoms with van der Waals surface area (Å²) in [6.45, 7) is 3.24. The SMILES string of the molecule is C=NC(C#N)CCS. The molecule has 0 aromatic heterocycles. The number of thiol groups is 1. The first-order valence-corrected chi connectivity index (χ1v) is 2.94. The Kier molecular flexibility index (Phi) is 4.38. The van der Waals surface area contributed by atoms with E-state index in [2.05, 4.69) is 24.3 Å². The molecule has 0 bridgehead atoms. The first-order chi connectivity index (χ1) is 3.85. The van der Waals surface area contributed by atoms with E-state index in [1.807, 2.05) is 6.07 Å². The summed E-state index contributed by atoms with van der Waals surface area (Å²) in [7, 11) is 0. The zero-order valence-electron chi connectivity index (χ0n) is 4.54. The lowest BCUT2D eigenvalue weighted by Gasteiger charge is -1.94. The molecule has 44 valence electrons. The molecule has 0 aliphatic rings. The molecule has 8 heavy (non-hydrogen) atoms. The van der Waals surface area contributed by atoms with Gasteiger partial charge in [0.2, 0.25) is 0 Å². The predicted octanol–water partition coefficient (Wildman–Crippen LogP) is 0.899. The average Bonchev–Trinajstić information content (AvgIpc) is 1.83. The Morgan fingerprint density at radius 2 is 2.50 bits per heavy atom. The lowest BCUT2D eigenvalue weighted by Crippen LogP contribution is -1.99. The lowest BCUT2D eigenvalue weighted by atomic mass is 10.3. The number of rotatable bonds is 3. The Hall–Kier alpha value is -0.490. The van der Waals surface area contributed by atoms with Crippen molar-refractivity contribution in [2.75, 3.05) is 5.75 Å². The molecule has 0 radical (unpaired) electrons. The van der Waals surface area contributed by atoms with Crippen LogP contribution in [0.1, 0.15) is 6.42 Å². The second-order valence-corrected chi connectivity index (χ2v) is 1.79. The Morgan fingerprint density at radius 3 is 2.62 bits per heavy atom. The van der Waals surface area contributed by atoms with Gasteiger partial charge in [-0.05, 0) is 18.9 Å². The highest BCUT2D eigenvalue weighted by Crippen LogP contribution is 1.95. The van der Waals surface area contributed by atoms with Gasteiger partial charge in [-0.25, -0.2) is 0 Å². The van der Waals surface area contributed by atoms with Gasteiger partial charge in [0.05, 0.1) is 6.07 Å². The van der Waals surface area contributed by atoms with Gasteiger partial charge in [-0.15, -0.1) is 0 Å². The molecule has 0 rings (SSSR count). The van der Waals surface area contributed by atoms with E-state index in [1.165, 1.54) is 0 Å². The van der Waals surface area contributed by atoms with Crippen molar-refractivity contribution in [1.82, 2.24) is 0 Å². The van der Waals surface area contributed by atoms with Gasteiger partial charge in [0.15, 0.2) is 0 Å². The van der Waals surface area contributed by atoms with Gasteiger partial charge in [0.1, 0.15) is 6.04 Å². The molecular weight excluding hydrogens is 120 g/mol. The van der Waals surface area contributed by atoms with E-state index < -0.39 is 0 Å². The summed E-state index contributed by atoms with van der Waals surface area (Å²) in [4.78, 5) is 3.54. The van der Waals surface area contributed by atoms with Crippen LogP contribution in [0.5, 0.6) is 0 Å². The van der Waals surface area contributed by atoms with Crippen LogP contribution in [0.15, 0.2) is 4.99 Å². The van der Waals surface area contributed by atoms with Crippen LogP contribution in [-0.4, -0.2) is 18.5 Å². The summed E-state index contributed by atoms with van der Waals surface area (Å²) in [5.74, 6) is 0.692. The molecule has 0 saturated carbocycles. The summed E-state index contributed by atoms with van der Waals surface area (Å²) in [5, 5.41) is 8.24. The van der Waals surface area contributed by atoms with E-state index in [0.717, 1.165) is 0 Å². The summed E-state index contributed by atoms with van der Waals surface area (Å²) >= 11 is 3.93. The van der Waals surface area contributed by atoms with Gasteiger partial charge >= 0.3 is 0 Å². The van der Waals surface area contributed by atoms with Crippen molar-refractivity contribution in [1.29, 1.82) is 5.26 Å². The molecule has 0 spiro atoms. The molecular formula is C5H8N2S. The molecule has 0 aromatic rings. The van der Waals surface area contributed by atoms with Crippen molar-refractivity contribution in [2.24, 2.45) is 4.99 Å². The van der Waals surface area contributed by atoms with Crippen LogP contribution in [0.25, 0.3) is 0 Å². The summed E-state index contributed by atoms with van der Waals surface area (Å²) in [6.07, 6.45) is 0.698.